The van der Waals surface area contributed by atoms with Crippen molar-refractivity contribution in [1.29, 1.82) is 0 Å². The first kappa shape index (κ1) is 20.4. The van der Waals surface area contributed by atoms with Gasteiger partial charge in [0.25, 0.3) is 0 Å². The molecular weight excluding hydrogens is 398 g/mol. The molecule has 0 bridgehead atoms. The fraction of sp³-hybridized carbons (Fsp3) is 0.231. The fourth-order valence-corrected chi connectivity index (χ4v) is 4.50. The Balaban J connectivity index is 1.33. The standard InChI is InChI=1S/C26H29N5O/c1-28-24(26-30-21-12-19-14-29-15-20(19)13-22(21)31-26)25(32)23(27)18-9-7-17(8-10-18)11-16-5-3-2-4-6-16/h2-10,12-13,23,26,28-32H,11,14-15,27H2,1H3/b25-24+. The summed E-state index contributed by atoms with van der Waals surface area (Å²) >= 11 is 0. The highest BCUT2D eigenvalue weighted by Gasteiger charge is 2.29. The molecule has 6 nitrogen and oxygen atoms in total. The number of nitrogens with two attached hydrogens (primary N) is 1. The first-order chi connectivity index (χ1) is 15.6. The molecule has 0 saturated heterocycles. The zero-order chi connectivity index (χ0) is 22.1. The molecule has 0 amide bonds. The van der Waals surface area contributed by atoms with E-state index in [0.717, 1.165) is 36.4 Å². The van der Waals surface area contributed by atoms with Gasteiger partial charge in [-0.25, -0.2) is 0 Å². The maximum atomic E-state index is 11.0. The van der Waals surface area contributed by atoms with Gasteiger partial charge < -0.3 is 32.1 Å². The lowest BCUT2D eigenvalue weighted by Gasteiger charge is -2.22. The molecule has 6 heteroatoms. The van der Waals surface area contributed by atoms with Crippen LogP contribution in [0.3, 0.4) is 0 Å². The first-order valence-electron chi connectivity index (χ1n) is 11.0. The Labute approximate surface area is 188 Å². The van der Waals surface area contributed by atoms with Crippen LogP contribution in [0.2, 0.25) is 0 Å². The molecule has 2 aliphatic rings. The van der Waals surface area contributed by atoms with Crippen molar-refractivity contribution in [3.63, 3.8) is 0 Å². The summed E-state index contributed by atoms with van der Waals surface area (Å²) < 4.78 is 0. The van der Waals surface area contributed by atoms with Gasteiger partial charge in [0.1, 0.15) is 11.9 Å². The van der Waals surface area contributed by atoms with E-state index in [9.17, 15) is 5.11 Å². The van der Waals surface area contributed by atoms with Gasteiger partial charge in [-0.05, 0) is 46.4 Å². The Morgan fingerprint density at radius 3 is 2.16 bits per heavy atom. The summed E-state index contributed by atoms with van der Waals surface area (Å²) in [5.74, 6) is 0.121. The second kappa shape index (κ2) is 8.57. The molecule has 0 saturated carbocycles. The van der Waals surface area contributed by atoms with E-state index in [1.807, 2.05) is 18.2 Å². The van der Waals surface area contributed by atoms with Crippen molar-refractivity contribution >= 4 is 11.4 Å². The van der Waals surface area contributed by atoms with Gasteiger partial charge in [0.15, 0.2) is 0 Å². The molecule has 2 aliphatic heterocycles. The van der Waals surface area contributed by atoms with E-state index in [0.29, 0.717) is 5.70 Å². The van der Waals surface area contributed by atoms with E-state index >= 15 is 0 Å². The topological polar surface area (TPSA) is 94.4 Å². The Bertz CT molecular complexity index is 1110. The number of aliphatic hydroxyl groups excluding tert-OH is 1. The summed E-state index contributed by atoms with van der Waals surface area (Å²) in [7, 11) is 1.80. The Kier molecular flexibility index (Phi) is 5.47. The maximum absolute atomic E-state index is 11.0. The smallest absolute Gasteiger partial charge is 0.142 e. The second-order valence-corrected chi connectivity index (χ2v) is 8.42. The minimum Gasteiger partial charge on any atom is -0.508 e. The quantitative estimate of drug-likeness (QED) is 0.336. The van der Waals surface area contributed by atoms with Crippen LogP contribution in [0.4, 0.5) is 11.4 Å². The average Bonchev–Trinajstić information content (AvgIpc) is 3.44. The molecule has 3 aromatic carbocycles. The van der Waals surface area contributed by atoms with Crippen LogP contribution in [0.5, 0.6) is 0 Å². The van der Waals surface area contributed by atoms with Crippen LogP contribution < -0.4 is 27.0 Å². The highest BCUT2D eigenvalue weighted by molar-refractivity contribution is 5.78. The number of rotatable bonds is 6. The van der Waals surface area contributed by atoms with Crippen LogP contribution >= 0.6 is 0 Å². The van der Waals surface area contributed by atoms with Crippen LogP contribution in [-0.2, 0) is 19.5 Å². The Hall–Kier alpha value is -3.48. The van der Waals surface area contributed by atoms with E-state index in [1.54, 1.807) is 7.05 Å². The number of hydrogen-bond acceptors (Lipinski definition) is 6. The third-order valence-electron chi connectivity index (χ3n) is 6.29. The van der Waals surface area contributed by atoms with E-state index in [2.05, 4.69) is 69.8 Å². The van der Waals surface area contributed by atoms with Crippen molar-refractivity contribution in [2.24, 2.45) is 5.73 Å². The maximum Gasteiger partial charge on any atom is 0.142 e. The predicted molar refractivity (Wildman–Crippen MR) is 129 cm³/mol. The third-order valence-corrected chi connectivity index (χ3v) is 6.29. The number of anilines is 2. The van der Waals surface area contributed by atoms with Gasteiger partial charge in [0.05, 0.1) is 23.1 Å². The SMILES string of the molecule is CN/C(=C(/O)C(N)c1ccc(Cc2ccccc2)cc1)C1Nc2cc3c(cc2N1)CNC3. The van der Waals surface area contributed by atoms with Gasteiger partial charge in [-0.15, -0.1) is 0 Å². The van der Waals surface area contributed by atoms with E-state index in [4.69, 9.17) is 5.73 Å². The van der Waals surface area contributed by atoms with Crippen molar-refractivity contribution in [3.8, 4) is 0 Å². The number of aliphatic hydroxyl groups is 1. The zero-order valence-corrected chi connectivity index (χ0v) is 18.2. The molecule has 7 N–H and O–H groups in total. The van der Waals surface area contributed by atoms with Gasteiger partial charge in [-0.2, -0.15) is 0 Å². The number of fused-ring (bicyclic) bond motifs is 2. The molecule has 1 atom stereocenters. The lowest BCUT2D eigenvalue weighted by atomic mass is 9.99. The third kappa shape index (κ3) is 3.90. The summed E-state index contributed by atoms with van der Waals surface area (Å²) in [5.41, 5.74) is 15.1. The number of hydrogen-bond donors (Lipinski definition) is 6. The van der Waals surface area contributed by atoms with Crippen molar-refractivity contribution in [3.05, 3.63) is 106 Å². The molecule has 164 valence electrons. The molecule has 0 radical (unpaired) electrons. The van der Waals surface area contributed by atoms with Crippen LogP contribution in [-0.4, -0.2) is 18.3 Å². The fourth-order valence-electron chi connectivity index (χ4n) is 4.50. The summed E-state index contributed by atoms with van der Waals surface area (Å²) in [6.07, 6.45) is 0.599. The summed E-state index contributed by atoms with van der Waals surface area (Å²) in [6.45, 7) is 1.78. The first-order valence-corrected chi connectivity index (χ1v) is 11.0. The lowest BCUT2D eigenvalue weighted by molar-refractivity contribution is 0.355. The summed E-state index contributed by atoms with van der Waals surface area (Å²) in [4.78, 5) is 0. The monoisotopic (exact) mass is 427 g/mol. The van der Waals surface area contributed by atoms with Crippen LogP contribution in [0.15, 0.2) is 78.2 Å². The minimum atomic E-state index is -0.621. The molecule has 0 fully saturated rings. The molecule has 0 aliphatic carbocycles. The largest absolute Gasteiger partial charge is 0.508 e. The van der Waals surface area contributed by atoms with Crippen LogP contribution in [0.1, 0.15) is 33.9 Å². The van der Waals surface area contributed by atoms with Gasteiger partial charge in [0.2, 0.25) is 0 Å². The Morgan fingerprint density at radius 2 is 1.56 bits per heavy atom. The molecule has 5 rings (SSSR count). The van der Waals surface area contributed by atoms with Gasteiger partial charge in [-0.1, -0.05) is 54.6 Å². The van der Waals surface area contributed by atoms with E-state index in [1.165, 1.54) is 22.3 Å². The van der Waals surface area contributed by atoms with Crippen LogP contribution in [0, 0.1) is 0 Å². The van der Waals surface area contributed by atoms with Gasteiger partial charge >= 0.3 is 0 Å². The number of benzene rings is 3. The summed E-state index contributed by atoms with van der Waals surface area (Å²) in [6, 6.07) is 22.2. The summed E-state index contributed by atoms with van der Waals surface area (Å²) in [5, 5.41) is 24.5. The highest BCUT2D eigenvalue weighted by atomic mass is 16.3. The molecule has 0 spiro atoms. The minimum absolute atomic E-state index is 0.121. The zero-order valence-electron chi connectivity index (χ0n) is 18.2. The Morgan fingerprint density at radius 1 is 0.969 bits per heavy atom. The number of nitrogens with one attached hydrogen (secondary N) is 4. The average molecular weight is 428 g/mol. The predicted octanol–water partition coefficient (Wildman–Crippen LogP) is 3.73. The molecule has 3 aromatic rings. The molecule has 32 heavy (non-hydrogen) atoms. The molecule has 1 unspecified atom stereocenters. The van der Waals surface area contributed by atoms with Gasteiger partial charge in [0, 0.05) is 20.1 Å². The van der Waals surface area contributed by atoms with Crippen molar-refractivity contribution < 1.29 is 5.11 Å². The molecule has 2 heterocycles. The van der Waals surface area contributed by atoms with Crippen molar-refractivity contribution in [1.82, 2.24) is 10.6 Å². The molecule has 0 aromatic heterocycles. The lowest BCUT2D eigenvalue weighted by Crippen LogP contribution is -2.34. The van der Waals surface area contributed by atoms with Crippen molar-refractivity contribution in [2.75, 3.05) is 17.7 Å². The van der Waals surface area contributed by atoms with Crippen LogP contribution in [0.25, 0.3) is 0 Å². The van der Waals surface area contributed by atoms with E-state index in [-0.39, 0.29) is 11.9 Å². The highest BCUT2D eigenvalue weighted by Crippen LogP contribution is 2.36. The second-order valence-electron chi connectivity index (χ2n) is 8.42. The van der Waals surface area contributed by atoms with Gasteiger partial charge in [-0.3, -0.25) is 0 Å². The molecular formula is C26H29N5O. The van der Waals surface area contributed by atoms with Crippen molar-refractivity contribution in [2.45, 2.75) is 31.7 Å². The van der Waals surface area contributed by atoms with E-state index < -0.39 is 6.04 Å². The number of likely N-dealkylation sites (N-methyl/N-ethyl adjacent to an activating group) is 1. The normalized spacial score (nSPS) is 16.4.